The van der Waals surface area contributed by atoms with Crippen LogP contribution in [-0.4, -0.2) is 28.5 Å². The summed E-state index contributed by atoms with van der Waals surface area (Å²) >= 11 is 0. The third kappa shape index (κ3) is 4.05. The second-order valence-electron chi connectivity index (χ2n) is 5.14. The number of hydrogen-bond acceptors (Lipinski definition) is 3. The van der Waals surface area contributed by atoms with Gasteiger partial charge in [0.25, 0.3) is 0 Å². The van der Waals surface area contributed by atoms with Crippen LogP contribution in [0.5, 0.6) is 0 Å². The molecule has 0 aliphatic carbocycles. The first-order chi connectivity index (χ1) is 8.88. The third-order valence-corrected chi connectivity index (χ3v) is 3.19. The number of rotatable bonds is 6. The maximum absolute atomic E-state index is 11.8. The standard InChI is InChI=1S/C14H20N2O3/c1-4-11(13(18)19)12(17)16-9-14(2,3)10-5-7-15-8-6-10/h5-8,11H,4,9H2,1-3H3,(H,16,17)(H,18,19). The second kappa shape index (κ2) is 6.31. The van der Waals surface area contributed by atoms with Crippen molar-refractivity contribution >= 4 is 11.9 Å². The van der Waals surface area contributed by atoms with E-state index in [1.165, 1.54) is 0 Å². The number of carboxylic acid groups (broad SMARTS) is 1. The van der Waals surface area contributed by atoms with Gasteiger partial charge in [-0.3, -0.25) is 14.6 Å². The van der Waals surface area contributed by atoms with E-state index in [4.69, 9.17) is 5.11 Å². The van der Waals surface area contributed by atoms with E-state index in [2.05, 4.69) is 10.3 Å². The van der Waals surface area contributed by atoms with Gasteiger partial charge in [0.15, 0.2) is 0 Å². The summed E-state index contributed by atoms with van der Waals surface area (Å²) in [6, 6.07) is 3.78. The third-order valence-electron chi connectivity index (χ3n) is 3.19. The molecular formula is C14H20N2O3. The highest BCUT2D eigenvalue weighted by Crippen LogP contribution is 2.21. The van der Waals surface area contributed by atoms with Crippen LogP contribution in [0.25, 0.3) is 0 Å². The molecule has 2 N–H and O–H groups in total. The Morgan fingerprint density at radius 1 is 1.37 bits per heavy atom. The van der Waals surface area contributed by atoms with Gasteiger partial charge in [-0.05, 0) is 24.1 Å². The van der Waals surface area contributed by atoms with Crippen molar-refractivity contribution in [2.75, 3.05) is 6.54 Å². The molecule has 5 nitrogen and oxygen atoms in total. The first-order valence-electron chi connectivity index (χ1n) is 6.29. The fraction of sp³-hybridized carbons (Fsp3) is 0.500. The zero-order chi connectivity index (χ0) is 14.5. The van der Waals surface area contributed by atoms with E-state index in [0.717, 1.165) is 5.56 Å². The highest BCUT2D eigenvalue weighted by molar-refractivity contribution is 5.96. The number of carbonyl (C=O) groups is 2. The van der Waals surface area contributed by atoms with Gasteiger partial charge in [-0.15, -0.1) is 0 Å². The Bertz CT molecular complexity index is 443. The van der Waals surface area contributed by atoms with Crippen molar-refractivity contribution < 1.29 is 14.7 Å². The first-order valence-corrected chi connectivity index (χ1v) is 6.29. The van der Waals surface area contributed by atoms with Crippen LogP contribution < -0.4 is 5.32 Å². The molecule has 0 spiro atoms. The number of aliphatic carboxylic acids is 1. The number of aromatic nitrogens is 1. The lowest BCUT2D eigenvalue weighted by Crippen LogP contribution is -2.41. The summed E-state index contributed by atoms with van der Waals surface area (Å²) in [6.07, 6.45) is 3.69. The Morgan fingerprint density at radius 3 is 2.42 bits per heavy atom. The highest BCUT2D eigenvalue weighted by Gasteiger charge is 2.27. The summed E-state index contributed by atoms with van der Waals surface area (Å²) in [5.74, 6) is -2.49. The van der Waals surface area contributed by atoms with Gasteiger partial charge >= 0.3 is 5.97 Å². The molecule has 0 radical (unpaired) electrons. The van der Waals surface area contributed by atoms with E-state index in [-0.39, 0.29) is 11.8 Å². The minimum absolute atomic E-state index is 0.268. The maximum atomic E-state index is 11.8. The summed E-state index contributed by atoms with van der Waals surface area (Å²) in [4.78, 5) is 26.6. The molecule has 1 aromatic rings. The quantitative estimate of drug-likeness (QED) is 0.765. The highest BCUT2D eigenvalue weighted by atomic mass is 16.4. The van der Waals surface area contributed by atoms with Gasteiger partial charge in [0.05, 0.1) is 0 Å². The summed E-state index contributed by atoms with van der Waals surface area (Å²) < 4.78 is 0. The predicted molar refractivity (Wildman–Crippen MR) is 71.7 cm³/mol. The van der Waals surface area contributed by atoms with Crippen molar-refractivity contribution in [3.63, 3.8) is 0 Å². The van der Waals surface area contributed by atoms with Crippen LogP contribution in [0.2, 0.25) is 0 Å². The van der Waals surface area contributed by atoms with Crippen LogP contribution in [0, 0.1) is 5.92 Å². The van der Waals surface area contributed by atoms with Crippen LogP contribution in [0.1, 0.15) is 32.8 Å². The Morgan fingerprint density at radius 2 is 1.95 bits per heavy atom. The van der Waals surface area contributed by atoms with Gasteiger partial charge in [-0.2, -0.15) is 0 Å². The topological polar surface area (TPSA) is 79.3 Å². The van der Waals surface area contributed by atoms with E-state index >= 15 is 0 Å². The predicted octanol–water partition coefficient (Wildman–Crippen LogP) is 1.59. The van der Waals surface area contributed by atoms with Crippen LogP contribution >= 0.6 is 0 Å². The van der Waals surface area contributed by atoms with Gasteiger partial charge < -0.3 is 10.4 Å². The monoisotopic (exact) mass is 264 g/mol. The van der Waals surface area contributed by atoms with E-state index < -0.39 is 17.8 Å². The molecule has 1 atom stereocenters. The number of pyridine rings is 1. The molecule has 104 valence electrons. The molecule has 0 bridgehead atoms. The molecule has 1 aromatic heterocycles. The Balaban J connectivity index is 2.66. The number of nitrogens with zero attached hydrogens (tertiary/aromatic N) is 1. The van der Waals surface area contributed by atoms with Gasteiger partial charge in [-0.1, -0.05) is 20.8 Å². The molecule has 1 amide bonds. The molecule has 0 saturated heterocycles. The number of nitrogens with one attached hydrogen (secondary N) is 1. The molecule has 1 unspecified atom stereocenters. The minimum atomic E-state index is -1.08. The molecular weight excluding hydrogens is 244 g/mol. The molecule has 1 rings (SSSR count). The molecule has 0 aromatic carbocycles. The molecule has 0 aliphatic rings. The van der Waals surface area contributed by atoms with Crippen molar-refractivity contribution in [2.24, 2.45) is 5.92 Å². The lowest BCUT2D eigenvalue weighted by Gasteiger charge is -2.26. The Kier molecular flexibility index (Phi) is 5.03. The maximum Gasteiger partial charge on any atom is 0.316 e. The Hall–Kier alpha value is -1.91. The number of amides is 1. The van der Waals surface area contributed by atoms with Gasteiger partial charge in [0.2, 0.25) is 5.91 Å². The zero-order valence-corrected chi connectivity index (χ0v) is 11.5. The summed E-state index contributed by atoms with van der Waals surface area (Å²) in [6.45, 7) is 6.06. The molecule has 0 aliphatic heterocycles. The van der Waals surface area contributed by atoms with Crippen LogP contribution in [0.15, 0.2) is 24.5 Å². The normalized spacial score (nSPS) is 12.8. The van der Waals surface area contributed by atoms with Crippen LogP contribution in [0.4, 0.5) is 0 Å². The number of carbonyl (C=O) groups excluding carboxylic acids is 1. The minimum Gasteiger partial charge on any atom is -0.481 e. The molecule has 0 fully saturated rings. The smallest absolute Gasteiger partial charge is 0.316 e. The Labute approximate surface area is 113 Å². The average molecular weight is 264 g/mol. The van der Waals surface area contributed by atoms with E-state index in [1.54, 1.807) is 19.3 Å². The second-order valence-corrected chi connectivity index (χ2v) is 5.14. The molecule has 1 heterocycles. The largest absolute Gasteiger partial charge is 0.481 e. The van der Waals surface area contributed by atoms with Crippen molar-refractivity contribution in [1.29, 1.82) is 0 Å². The summed E-state index contributed by atoms with van der Waals surface area (Å²) in [7, 11) is 0. The zero-order valence-electron chi connectivity index (χ0n) is 11.5. The lowest BCUT2D eigenvalue weighted by atomic mass is 9.85. The van der Waals surface area contributed by atoms with Crippen molar-refractivity contribution in [1.82, 2.24) is 10.3 Å². The molecule has 5 heteroatoms. The van der Waals surface area contributed by atoms with E-state index in [9.17, 15) is 9.59 Å². The van der Waals surface area contributed by atoms with Crippen molar-refractivity contribution in [2.45, 2.75) is 32.6 Å². The SMILES string of the molecule is CCC(C(=O)O)C(=O)NCC(C)(C)c1ccncc1. The molecule has 19 heavy (non-hydrogen) atoms. The van der Waals surface area contributed by atoms with Gasteiger partial charge in [0, 0.05) is 24.4 Å². The molecule has 0 saturated carbocycles. The van der Waals surface area contributed by atoms with Crippen LogP contribution in [0.3, 0.4) is 0 Å². The fourth-order valence-electron chi connectivity index (χ4n) is 1.81. The van der Waals surface area contributed by atoms with Crippen molar-refractivity contribution in [3.8, 4) is 0 Å². The number of carboxylic acids is 1. The lowest BCUT2D eigenvalue weighted by molar-refractivity contribution is -0.147. The summed E-state index contributed by atoms with van der Waals surface area (Å²) in [5, 5.41) is 11.6. The van der Waals surface area contributed by atoms with Gasteiger partial charge in [0.1, 0.15) is 5.92 Å². The van der Waals surface area contributed by atoms with Gasteiger partial charge in [-0.25, -0.2) is 0 Å². The average Bonchev–Trinajstić information content (AvgIpc) is 2.38. The fourth-order valence-corrected chi connectivity index (χ4v) is 1.81. The van der Waals surface area contributed by atoms with E-state index in [0.29, 0.717) is 6.54 Å². The van der Waals surface area contributed by atoms with Crippen molar-refractivity contribution in [3.05, 3.63) is 30.1 Å². The first kappa shape index (κ1) is 15.1. The summed E-state index contributed by atoms with van der Waals surface area (Å²) in [5.41, 5.74) is 0.779. The number of hydrogen-bond donors (Lipinski definition) is 2. The van der Waals surface area contributed by atoms with Crippen LogP contribution in [-0.2, 0) is 15.0 Å². The van der Waals surface area contributed by atoms with E-state index in [1.807, 2.05) is 26.0 Å².